The summed E-state index contributed by atoms with van der Waals surface area (Å²) < 4.78 is 0. The summed E-state index contributed by atoms with van der Waals surface area (Å²) in [7, 11) is 0. The summed E-state index contributed by atoms with van der Waals surface area (Å²) in [5.41, 5.74) is 1.19. The molecule has 96 valence electrons. The lowest BCUT2D eigenvalue weighted by Crippen LogP contribution is -2.43. The van der Waals surface area contributed by atoms with Crippen molar-refractivity contribution in [1.29, 1.82) is 0 Å². The largest absolute Gasteiger partial charge is 0.342 e. The van der Waals surface area contributed by atoms with Crippen LogP contribution in [0, 0.1) is 5.92 Å². The van der Waals surface area contributed by atoms with Crippen molar-refractivity contribution in [2.75, 3.05) is 13.1 Å². The van der Waals surface area contributed by atoms with Crippen LogP contribution in [0.3, 0.4) is 0 Å². The second-order valence-electron chi connectivity index (χ2n) is 4.94. The van der Waals surface area contributed by atoms with Crippen molar-refractivity contribution in [3.8, 4) is 0 Å². The number of hydrogen-bond acceptors (Lipinski definition) is 2. The molecule has 1 aromatic carbocycles. The number of likely N-dealkylation sites (tertiary alicyclic amines) is 1. The maximum absolute atomic E-state index is 12.0. The second kappa shape index (κ2) is 5.80. The van der Waals surface area contributed by atoms with Crippen LogP contribution in [0.15, 0.2) is 30.3 Å². The number of piperidine rings is 1. The zero-order valence-electron chi connectivity index (χ0n) is 10.8. The minimum absolute atomic E-state index is 0.000532. The van der Waals surface area contributed by atoms with E-state index >= 15 is 0 Å². The molecule has 1 heterocycles. The first-order chi connectivity index (χ1) is 8.66. The molecule has 3 heteroatoms. The van der Waals surface area contributed by atoms with Crippen LogP contribution in [0.1, 0.15) is 25.3 Å². The lowest BCUT2D eigenvalue weighted by atomic mass is 9.98. The smallest absolute Gasteiger partial charge is 0.222 e. The third kappa shape index (κ3) is 3.19. The molecule has 18 heavy (non-hydrogen) atoms. The normalized spacial score (nSPS) is 19.9. The van der Waals surface area contributed by atoms with Crippen LogP contribution in [0.25, 0.3) is 0 Å². The van der Waals surface area contributed by atoms with Crippen molar-refractivity contribution >= 4 is 11.7 Å². The number of Topliss-reactive ketones (excluding diaryl/α,β-unsaturated/α-hetero) is 1. The van der Waals surface area contributed by atoms with Gasteiger partial charge in [-0.2, -0.15) is 0 Å². The first-order valence-electron chi connectivity index (χ1n) is 6.51. The van der Waals surface area contributed by atoms with E-state index in [9.17, 15) is 9.59 Å². The molecule has 1 unspecified atom stereocenters. The van der Waals surface area contributed by atoms with Gasteiger partial charge in [0.25, 0.3) is 0 Å². The number of aryl methyl sites for hydroxylation is 1. The zero-order chi connectivity index (χ0) is 13.0. The molecular weight excluding hydrogens is 226 g/mol. The van der Waals surface area contributed by atoms with Gasteiger partial charge < -0.3 is 4.90 Å². The number of rotatable bonds is 3. The Hall–Kier alpha value is -1.64. The highest BCUT2D eigenvalue weighted by molar-refractivity contribution is 5.85. The maximum Gasteiger partial charge on any atom is 0.222 e. The van der Waals surface area contributed by atoms with E-state index in [2.05, 4.69) is 0 Å². The van der Waals surface area contributed by atoms with Crippen molar-refractivity contribution in [2.24, 2.45) is 5.92 Å². The van der Waals surface area contributed by atoms with Crippen LogP contribution in [-0.2, 0) is 16.0 Å². The molecule has 1 aliphatic heterocycles. The minimum atomic E-state index is -0.000532. The molecule has 1 atom stereocenters. The van der Waals surface area contributed by atoms with Crippen molar-refractivity contribution in [3.63, 3.8) is 0 Å². The number of amides is 1. The molecule has 0 N–H and O–H groups in total. The molecule has 3 nitrogen and oxygen atoms in total. The monoisotopic (exact) mass is 245 g/mol. The Morgan fingerprint density at radius 3 is 2.72 bits per heavy atom. The quantitative estimate of drug-likeness (QED) is 0.817. The summed E-state index contributed by atoms with van der Waals surface area (Å²) in [6.07, 6.45) is 1.82. The molecule has 1 amide bonds. The van der Waals surface area contributed by atoms with Gasteiger partial charge in [0.2, 0.25) is 5.91 Å². The molecule has 0 radical (unpaired) electrons. The molecule has 2 rings (SSSR count). The maximum atomic E-state index is 12.0. The van der Waals surface area contributed by atoms with Gasteiger partial charge in [-0.3, -0.25) is 9.59 Å². The lowest BCUT2D eigenvalue weighted by molar-refractivity contribution is -0.136. The average molecular weight is 245 g/mol. The van der Waals surface area contributed by atoms with Crippen LogP contribution in [0.4, 0.5) is 0 Å². The van der Waals surface area contributed by atoms with E-state index < -0.39 is 0 Å². The summed E-state index contributed by atoms with van der Waals surface area (Å²) in [6, 6.07) is 10.0. The van der Waals surface area contributed by atoms with Gasteiger partial charge in [-0.15, -0.1) is 0 Å². The van der Waals surface area contributed by atoms with Crippen LogP contribution >= 0.6 is 0 Å². The van der Waals surface area contributed by atoms with Crippen molar-refractivity contribution < 1.29 is 9.59 Å². The van der Waals surface area contributed by atoms with Crippen LogP contribution in [0.2, 0.25) is 0 Å². The summed E-state index contributed by atoms with van der Waals surface area (Å²) in [5, 5.41) is 0. The van der Waals surface area contributed by atoms with Crippen molar-refractivity contribution in [3.05, 3.63) is 35.9 Å². The van der Waals surface area contributed by atoms with Crippen LogP contribution < -0.4 is 0 Å². The van der Waals surface area contributed by atoms with E-state index in [1.165, 1.54) is 5.56 Å². The zero-order valence-corrected chi connectivity index (χ0v) is 10.8. The van der Waals surface area contributed by atoms with E-state index in [4.69, 9.17) is 0 Å². The first kappa shape index (κ1) is 12.8. The fourth-order valence-corrected chi connectivity index (χ4v) is 2.30. The van der Waals surface area contributed by atoms with Gasteiger partial charge in [-0.1, -0.05) is 37.3 Å². The minimum Gasteiger partial charge on any atom is -0.342 e. The molecule has 0 bridgehead atoms. The second-order valence-corrected chi connectivity index (χ2v) is 4.94. The number of carbonyl (C=O) groups excluding carboxylic acids is 2. The Balaban J connectivity index is 1.83. The Bertz CT molecular complexity index is 427. The van der Waals surface area contributed by atoms with Crippen molar-refractivity contribution in [1.82, 2.24) is 4.90 Å². The molecule has 1 aromatic rings. The molecular formula is C15H19NO2. The molecule has 0 aliphatic carbocycles. The van der Waals surface area contributed by atoms with Crippen molar-refractivity contribution in [2.45, 2.75) is 26.2 Å². The number of nitrogens with zero attached hydrogens (tertiary/aromatic N) is 1. The summed E-state index contributed by atoms with van der Waals surface area (Å²) in [6.45, 7) is 3.09. The van der Waals surface area contributed by atoms with E-state index in [0.717, 1.165) is 6.42 Å². The number of benzene rings is 1. The van der Waals surface area contributed by atoms with Crippen LogP contribution in [0.5, 0.6) is 0 Å². The summed E-state index contributed by atoms with van der Waals surface area (Å²) in [5.74, 6) is 0.444. The fraction of sp³-hybridized carbons (Fsp3) is 0.467. The summed E-state index contributed by atoms with van der Waals surface area (Å²) in [4.78, 5) is 25.3. The van der Waals surface area contributed by atoms with Gasteiger partial charge in [0.1, 0.15) is 5.78 Å². The highest BCUT2D eigenvalue weighted by atomic mass is 16.2. The number of hydrogen-bond donors (Lipinski definition) is 0. The Labute approximate surface area is 108 Å². The molecule has 1 saturated heterocycles. The number of ketones is 1. The molecule has 0 spiro atoms. The molecule has 1 aliphatic rings. The Kier molecular flexibility index (Phi) is 4.13. The van der Waals surface area contributed by atoms with E-state index in [0.29, 0.717) is 25.9 Å². The standard InChI is InChI=1S/C15H19NO2/c1-12-11-16(10-9-14(12)17)15(18)8-7-13-5-3-2-4-6-13/h2-6,12H,7-11H2,1H3. The van der Waals surface area contributed by atoms with E-state index in [1.807, 2.05) is 42.2 Å². The Morgan fingerprint density at radius 2 is 2.06 bits per heavy atom. The summed E-state index contributed by atoms with van der Waals surface area (Å²) >= 11 is 0. The van der Waals surface area contributed by atoms with Gasteiger partial charge >= 0.3 is 0 Å². The van der Waals surface area contributed by atoms with Crippen LogP contribution in [-0.4, -0.2) is 29.7 Å². The predicted octanol–water partition coefficient (Wildman–Crippen LogP) is 2.06. The van der Waals surface area contributed by atoms with Gasteiger partial charge in [-0.05, 0) is 12.0 Å². The Morgan fingerprint density at radius 1 is 1.33 bits per heavy atom. The molecule has 0 saturated carbocycles. The van der Waals surface area contributed by atoms with Gasteiger partial charge in [-0.25, -0.2) is 0 Å². The third-order valence-corrected chi connectivity index (χ3v) is 3.50. The highest BCUT2D eigenvalue weighted by Crippen LogP contribution is 2.14. The fourth-order valence-electron chi connectivity index (χ4n) is 2.30. The highest BCUT2D eigenvalue weighted by Gasteiger charge is 2.26. The lowest BCUT2D eigenvalue weighted by Gasteiger charge is -2.30. The van der Waals surface area contributed by atoms with E-state index in [1.54, 1.807) is 0 Å². The van der Waals surface area contributed by atoms with Gasteiger partial charge in [0.15, 0.2) is 0 Å². The molecule has 1 fully saturated rings. The average Bonchev–Trinajstić information content (AvgIpc) is 2.40. The molecule has 0 aromatic heterocycles. The topological polar surface area (TPSA) is 37.4 Å². The predicted molar refractivity (Wildman–Crippen MR) is 70.1 cm³/mol. The number of carbonyl (C=O) groups is 2. The van der Waals surface area contributed by atoms with Gasteiger partial charge in [0.05, 0.1) is 0 Å². The first-order valence-corrected chi connectivity index (χ1v) is 6.51. The van der Waals surface area contributed by atoms with E-state index in [-0.39, 0.29) is 17.6 Å². The third-order valence-electron chi connectivity index (χ3n) is 3.50. The van der Waals surface area contributed by atoms with Gasteiger partial charge in [0, 0.05) is 31.8 Å². The SMILES string of the molecule is CC1CN(C(=O)CCc2ccccc2)CCC1=O.